The molecule has 1 heterocycles. The van der Waals surface area contributed by atoms with Gasteiger partial charge in [0.15, 0.2) is 0 Å². The lowest BCUT2D eigenvalue weighted by molar-refractivity contribution is 0.473. The number of phenolic OH excluding ortho intramolecular Hbond substituents is 1. The van der Waals surface area contributed by atoms with Crippen molar-refractivity contribution in [3.05, 3.63) is 138 Å². The lowest BCUT2D eigenvalue weighted by atomic mass is 9.85. The third kappa shape index (κ3) is 6.16. The maximum Gasteiger partial charge on any atom is 0.126 e. The first-order valence-electron chi connectivity index (χ1n) is 16.5. The van der Waals surface area contributed by atoms with Crippen molar-refractivity contribution in [1.82, 2.24) is 4.98 Å². The van der Waals surface area contributed by atoms with E-state index < -0.39 is 0 Å². The predicted molar refractivity (Wildman–Crippen MR) is 206 cm³/mol. The van der Waals surface area contributed by atoms with Gasteiger partial charge in [-0.25, -0.2) is 4.98 Å². The predicted octanol–water partition coefficient (Wildman–Crippen LogP) is 12.5. The van der Waals surface area contributed by atoms with Crippen LogP contribution < -0.4 is 0 Å². The van der Waals surface area contributed by atoms with Gasteiger partial charge >= 0.3 is 0 Å². The first-order chi connectivity index (χ1) is 23.0. The number of thiazole rings is 1. The Bertz CT molecular complexity index is 2330. The smallest absolute Gasteiger partial charge is 0.126 e. The summed E-state index contributed by atoms with van der Waals surface area (Å²) in [5.74, 6) is 0.217. The molecular weight excluding hydrogens is 605 g/mol. The van der Waals surface area contributed by atoms with E-state index in [1.807, 2.05) is 30.3 Å². The van der Waals surface area contributed by atoms with E-state index in [0.717, 1.165) is 43.2 Å². The number of para-hydroxylation sites is 1. The van der Waals surface area contributed by atoms with Crippen LogP contribution in [0, 0.1) is 0 Å². The van der Waals surface area contributed by atoms with Crippen LogP contribution in [-0.4, -0.2) is 16.3 Å². The zero-order valence-corrected chi connectivity index (χ0v) is 29.2. The van der Waals surface area contributed by atoms with Gasteiger partial charge in [0.05, 0.1) is 15.9 Å². The minimum atomic E-state index is -0.0356. The Morgan fingerprint density at radius 3 is 2.08 bits per heavy atom. The first-order valence-corrected chi connectivity index (χ1v) is 17.3. The molecule has 0 spiro atoms. The number of hydrogen-bond acceptors (Lipinski definition) is 4. The van der Waals surface area contributed by atoms with E-state index in [1.54, 1.807) is 23.6 Å². The van der Waals surface area contributed by atoms with Crippen LogP contribution in [0.15, 0.2) is 126 Å². The van der Waals surface area contributed by atoms with Gasteiger partial charge in [-0.3, -0.25) is 4.99 Å². The molecule has 6 aromatic carbocycles. The SMILES string of the molecule is CC(C)(C)c1ccc(O)c(C=Nc2ccccc2-c2nc3c(-c4cccc(-c5cccc6ccccc56)c4)cc(C(C)(C)C)cc3s2)c1. The number of nitrogens with zero attached hydrogens (tertiary/aromatic N) is 2. The Kier molecular flexibility index (Phi) is 8.01. The fourth-order valence-corrected chi connectivity index (χ4v) is 7.23. The maximum atomic E-state index is 10.6. The van der Waals surface area contributed by atoms with Gasteiger partial charge in [-0.2, -0.15) is 0 Å². The molecule has 0 aliphatic heterocycles. The van der Waals surface area contributed by atoms with Gasteiger partial charge in [0.25, 0.3) is 0 Å². The van der Waals surface area contributed by atoms with Crippen molar-refractivity contribution < 1.29 is 5.11 Å². The largest absolute Gasteiger partial charge is 0.507 e. The van der Waals surface area contributed by atoms with Crippen LogP contribution in [0.4, 0.5) is 5.69 Å². The Labute approximate surface area is 287 Å². The van der Waals surface area contributed by atoms with Gasteiger partial charge in [-0.1, -0.05) is 120 Å². The van der Waals surface area contributed by atoms with E-state index in [1.165, 1.54) is 27.5 Å². The summed E-state index contributed by atoms with van der Waals surface area (Å²) in [6.45, 7) is 13.3. The molecule has 7 rings (SSSR count). The van der Waals surface area contributed by atoms with E-state index in [0.29, 0.717) is 5.56 Å². The van der Waals surface area contributed by atoms with Gasteiger partial charge in [-0.15, -0.1) is 11.3 Å². The van der Waals surface area contributed by atoms with E-state index in [9.17, 15) is 5.11 Å². The molecule has 4 heteroatoms. The number of rotatable bonds is 5. The molecule has 1 aromatic heterocycles. The van der Waals surface area contributed by atoms with Crippen LogP contribution in [0.3, 0.4) is 0 Å². The summed E-state index contributed by atoms with van der Waals surface area (Å²) in [6.07, 6.45) is 1.76. The van der Waals surface area contributed by atoms with Crippen molar-refractivity contribution in [2.45, 2.75) is 52.4 Å². The maximum absolute atomic E-state index is 10.6. The molecule has 3 nitrogen and oxygen atoms in total. The quantitative estimate of drug-likeness (QED) is 0.190. The topological polar surface area (TPSA) is 45.5 Å². The standard InChI is InChI=1S/C44H40N2OS/c1-43(2,3)32-21-22-39(47)31(24-32)27-45-38-20-10-9-18-36(38)42-46-41-37(25-33(44(4,5)6)26-40(41)48-42)30-16-11-15-29(23-30)35-19-12-14-28-13-7-8-17-34(28)35/h7-27,47H,1-6H3. The minimum Gasteiger partial charge on any atom is -0.507 e. The van der Waals surface area contributed by atoms with Crippen LogP contribution in [-0.2, 0) is 10.8 Å². The number of benzene rings is 6. The van der Waals surface area contributed by atoms with E-state index in [4.69, 9.17) is 9.98 Å². The van der Waals surface area contributed by atoms with E-state index in [-0.39, 0.29) is 16.6 Å². The molecule has 0 aliphatic carbocycles. The summed E-state index contributed by atoms with van der Waals surface area (Å²) in [5.41, 5.74) is 10.5. The number of aromatic nitrogens is 1. The highest BCUT2D eigenvalue weighted by Gasteiger charge is 2.21. The summed E-state index contributed by atoms with van der Waals surface area (Å²) >= 11 is 1.70. The summed E-state index contributed by atoms with van der Waals surface area (Å²) < 4.78 is 1.15. The van der Waals surface area contributed by atoms with Crippen molar-refractivity contribution in [1.29, 1.82) is 0 Å². The second kappa shape index (κ2) is 12.2. The van der Waals surface area contributed by atoms with Crippen molar-refractivity contribution in [3.8, 4) is 38.6 Å². The lowest BCUT2D eigenvalue weighted by Crippen LogP contribution is -2.11. The molecule has 0 saturated carbocycles. The summed E-state index contributed by atoms with van der Waals surface area (Å²) in [6, 6.07) is 42.4. The Balaban J connectivity index is 1.35. The Morgan fingerprint density at radius 1 is 0.625 bits per heavy atom. The van der Waals surface area contributed by atoms with Gasteiger partial charge in [0.2, 0.25) is 0 Å². The van der Waals surface area contributed by atoms with Crippen molar-refractivity contribution in [2.75, 3.05) is 0 Å². The summed E-state index contributed by atoms with van der Waals surface area (Å²) in [5, 5.41) is 14.0. The van der Waals surface area contributed by atoms with Crippen LogP contribution in [0.25, 0.3) is 53.8 Å². The zero-order chi connectivity index (χ0) is 33.6. The summed E-state index contributed by atoms with van der Waals surface area (Å²) in [4.78, 5) is 10.2. The molecule has 0 amide bonds. The van der Waals surface area contributed by atoms with Gasteiger partial charge in [-0.05, 0) is 91.9 Å². The number of aliphatic imine (C=N–C) groups is 1. The average molecular weight is 645 g/mol. The zero-order valence-electron chi connectivity index (χ0n) is 28.4. The highest BCUT2D eigenvalue weighted by atomic mass is 32.1. The average Bonchev–Trinajstić information content (AvgIpc) is 3.51. The third-order valence-corrected chi connectivity index (χ3v) is 10.0. The molecule has 238 valence electrons. The monoisotopic (exact) mass is 644 g/mol. The minimum absolute atomic E-state index is 0.0345. The Morgan fingerprint density at radius 2 is 1.29 bits per heavy atom. The molecule has 48 heavy (non-hydrogen) atoms. The molecule has 0 fully saturated rings. The van der Waals surface area contributed by atoms with Crippen LogP contribution in [0.1, 0.15) is 58.2 Å². The van der Waals surface area contributed by atoms with E-state index >= 15 is 0 Å². The van der Waals surface area contributed by atoms with Crippen LogP contribution in [0.5, 0.6) is 5.75 Å². The first kappa shape index (κ1) is 31.5. The Hall–Kier alpha value is -5.06. The number of aromatic hydroxyl groups is 1. The second-order valence-corrected chi connectivity index (χ2v) is 15.6. The number of fused-ring (bicyclic) bond motifs is 2. The second-order valence-electron chi connectivity index (χ2n) is 14.5. The highest BCUT2D eigenvalue weighted by Crippen LogP contribution is 2.42. The van der Waals surface area contributed by atoms with Gasteiger partial charge in [0.1, 0.15) is 10.8 Å². The lowest BCUT2D eigenvalue weighted by Gasteiger charge is -2.20. The molecule has 0 unspecified atom stereocenters. The fourth-order valence-electron chi connectivity index (χ4n) is 6.16. The molecule has 0 aliphatic rings. The molecule has 7 aromatic rings. The molecule has 1 N–H and O–H groups in total. The van der Waals surface area contributed by atoms with Crippen molar-refractivity contribution >= 4 is 44.2 Å². The highest BCUT2D eigenvalue weighted by molar-refractivity contribution is 7.21. The molecule has 0 atom stereocenters. The summed E-state index contributed by atoms with van der Waals surface area (Å²) in [7, 11) is 0. The molecule has 0 saturated heterocycles. The van der Waals surface area contributed by atoms with Crippen LogP contribution >= 0.6 is 11.3 Å². The number of hydrogen-bond donors (Lipinski definition) is 1. The van der Waals surface area contributed by atoms with Crippen LogP contribution in [0.2, 0.25) is 0 Å². The normalized spacial score (nSPS) is 12.4. The third-order valence-electron chi connectivity index (χ3n) is 9.01. The van der Waals surface area contributed by atoms with Gasteiger partial charge < -0.3 is 5.11 Å². The fraction of sp³-hybridized carbons (Fsp3) is 0.182. The van der Waals surface area contributed by atoms with E-state index in [2.05, 4.69) is 126 Å². The number of phenols is 1. The van der Waals surface area contributed by atoms with Gasteiger partial charge in [0, 0.05) is 22.9 Å². The van der Waals surface area contributed by atoms with Crippen molar-refractivity contribution in [2.24, 2.45) is 4.99 Å². The molecule has 0 radical (unpaired) electrons. The van der Waals surface area contributed by atoms with Crippen molar-refractivity contribution in [3.63, 3.8) is 0 Å². The molecule has 0 bridgehead atoms. The molecular formula is C44H40N2OS.